The van der Waals surface area contributed by atoms with Crippen LogP contribution in [0.1, 0.15) is 60.8 Å². The average molecular weight is 415 g/mol. The molecule has 0 heterocycles. The van der Waals surface area contributed by atoms with Crippen LogP contribution in [0.2, 0.25) is 0 Å². The molecule has 0 N–H and O–H groups in total. The molecule has 1 aliphatic carbocycles. The maximum atomic E-state index is 5.65. The zero-order valence-corrected chi connectivity index (χ0v) is 19.0. The standard InChI is InChI=1S/C30H38O/c1-3-5-23-31-24-30-21-19-29(20-22-30)18-17-28-15-13-27(14-16-28)12-11-26-9-7-25(6-4-2)8-10-26/h3-4,7-12,19-22,27-28H,1-2,5-6,13-18,23-24H2. The normalized spacial score (nSPS) is 18.8. The zero-order chi connectivity index (χ0) is 21.7. The van der Waals surface area contributed by atoms with Gasteiger partial charge in [0.2, 0.25) is 0 Å². The summed E-state index contributed by atoms with van der Waals surface area (Å²) >= 11 is 0. The van der Waals surface area contributed by atoms with Gasteiger partial charge in [-0.3, -0.25) is 0 Å². The Hall–Kier alpha value is -2.38. The Kier molecular flexibility index (Phi) is 9.86. The third-order valence-corrected chi connectivity index (χ3v) is 6.41. The number of ether oxygens (including phenoxy) is 1. The summed E-state index contributed by atoms with van der Waals surface area (Å²) in [6, 6.07) is 17.9. The van der Waals surface area contributed by atoms with Crippen molar-refractivity contribution in [3.63, 3.8) is 0 Å². The molecule has 0 aliphatic heterocycles. The van der Waals surface area contributed by atoms with Crippen molar-refractivity contribution in [1.29, 1.82) is 0 Å². The van der Waals surface area contributed by atoms with Crippen LogP contribution in [0.5, 0.6) is 0 Å². The van der Waals surface area contributed by atoms with Gasteiger partial charge in [-0.2, -0.15) is 0 Å². The number of benzene rings is 2. The molecule has 0 bridgehead atoms. The molecule has 1 nitrogen and oxygen atoms in total. The largest absolute Gasteiger partial charge is 0.376 e. The summed E-state index contributed by atoms with van der Waals surface area (Å²) in [6.45, 7) is 8.99. The van der Waals surface area contributed by atoms with E-state index in [1.165, 1.54) is 60.8 Å². The summed E-state index contributed by atoms with van der Waals surface area (Å²) in [4.78, 5) is 0. The van der Waals surface area contributed by atoms with Gasteiger partial charge in [-0.05, 0) is 85.5 Å². The van der Waals surface area contributed by atoms with Crippen LogP contribution in [0.15, 0.2) is 79.9 Å². The van der Waals surface area contributed by atoms with Gasteiger partial charge in [0.15, 0.2) is 0 Å². The lowest BCUT2D eigenvalue weighted by Gasteiger charge is -2.26. The van der Waals surface area contributed by atoms with E-state index in [0.29, 0.717) is 6.61 Å². The maximum absolute atomic E-state index is 5.65. The van der Waals surface area contributed by atoms with Gasteiger partial charge >= 0.3 is 0 Å². The van der Waals surface area contributed by atoms with Gasteiger partial charge in [-0.1, -0.05) is 72.8 Å². The van der Waals surface area contributed by atoms with Gasteiger partial charge in [0, 0.05) is 0 Å². The van der Waals surface area contributed by atoms with Crippen LogP contribution >= 0.6 is 0 Å². The molecule has 0 amide bonds. The van der Waals surface area contributed by atoms with E-state index < -0.39 is 0 Å². The third kappa shape index (κ3) is 8.34. The molecule has 0 aromatic heterocycles. The molecule has 2 aromatic rings. The minimum absolute atomic E-state index is 0.699. The second-order valence-electron chi connectivity index (χ2n) is 8.86. The fraction of sp³-hybridized carbons (Fsp3) is 0.400. The molecule has 0 unspecified atom stereocenters. The Morgan fingerprint density at radius 1 is 0.806 bits per heavy atom. The first-order valence-electron chi connectivity index (χ1n) is 11.9. The Balaban J connectivity index is 1.35. The van der Waals surface area contributed by atoms with Crippen molar-refractivity contribution in [2.75, 3.05) is 6.61 Å². The highest BCUT2D eigenvalue weighted by Gasteiger charge is 2.19. The van der Waals surface area contributed by atoms with Crippen LogP contribution in [0.25, 0.3) is 6.08 Å². The SMILES string of the molecule is C=CCCOCc1ccc(CCC2CCC(C=Cc3ccc(CC=C)cc3)CC2)cc1. The smallest absolute Gasteiger partial charge is 0.0717 e. The molecule has 1 saturated carbocycles. The lowest BCUT2D eigenvalue weighted by atomic mass is 9.79. The number of rotatable bonds is 12. The predicted octanol–water partition coefficient (Wildman–Crippen LogP) is 7.96. The minimum Gasteiger partial charge on any atom is -0.376 e. The second-order valence-corrected chi connectivity index (χ2v) is 8.86. The Labute approximate surface area is 189 Å². The van der Waals surface area contributed by atoms with E-state index >= 15 is 0 Å². The third-order valence-electron chi connectivity index (χ3n) is 6.41. The van der Waals surface area contributed by atoms with Gasteiger partial charge in [0.05, 0.1) is 13.2 Å². The van der Waals surface area contributed by atoms with E-state index in [0.717, 1.165) is 31.3 Å². The first-order chi connectivity index (χ1) is 15.3. The van der Waals surface area contributed by atoms with Crippen LogP contribution < -0.4 is 0 Å². The van der Waals surface area contributed by atoms with Crippen molar-refractivity contribution < 1.29 is 4.74 Å². The van der Waals surface area contributed by atoms with Crippen LogP contribution in [-0.2, 0) is 24.2 Å². The first kappa shape index (κ1) is 23.3. The number of hydrogen-bond donors (Lipinski definition) is 0. The van der Waals surface area contributed by atoms with E-state index in [1.54, 1.807) is 0 Å². The molecule has 0 radical (unpaired) electrons. The highest BCUT2D eigenvalue weighted by molar-refractivity contribution is 5.50. The summed E-state index contributed by atoms with van der Waals surface area (Å²) in [5.74, 6) is 1.62. The lowest BCUT2D eigenvalue weighted by molar-refractivity contribution is 0.125. The summed E-state index contributed by atoms with van der Waals surface area (Å²) in [5, 5.41) is 0. The highest BCUT2D eigenvalue weighted by atomic mass is 16.5. The Bertz CT molecular complexity index is 804. The maximum Gasteiger partial charge on any atom is 0.0717 e. The van der Waals surface area contributed by atoms with Crippen molar-refractivity contribution in [3.8, 4) is 0 Å². The topological polar surface area (TPSA) is 9.23 Å². The van der Waals surface area contributed by atoms with E-state index in [9.17, 15) is 0 Å². The van der Waals surface area contributed by atoms with Gasteiger partial charge in [0.25, 0.3) is 0 Å². The molecule has 31 heavy (non-hydrogen) atoms. The van der Waals surface area contributed by atoms with Gasteiger partial charge < -0.3 is 4.74 Å². The summed E-state index contributed by atoms with van der Waals surface area (Å²) < 4.78 is 5.65. The van der Waals surface area contributed by atoms with Crippen molar-refractivity contribution in [3.05, 3.63) is 102 Å². The fourth-order valence-corrected chi connectivity index (χ4v) is 4.38. The van der Waals surface area contributed by atoms with Crippen LogP contribution in [0.4, 0.5) is 0 Å². The predicted molar refractivity (Wildman–Crippen MR) is 134 cm³/mol. The van der Waals surface area contributed by atoms with Gasteiger partial charge in [-0.15, -0.1) is 13.2 Å². The van der Waals surface area contributed by atoms with E-state index in [-0.39, 0.29) is 0 Å². The number of aryl methyl sites for hydroxylation is 1. The molecule has 1 heteroatoms. The molecule has 164 valence electrons. The molecular weight excluding hydrogens is 376 g/mol. The monoisotopic (exact) mass is 414 g/mol. The van der Waals surface area contributed by atoms with Crippen molar-refractivity contribution in [2.45, 2.75) is 58.0 Å². The Morgan fingerprint density at radius 3 is 2.16 bits per heavy atom. The number of allylic oxidation sites excluding steroid dienone is 2. The quantitative estimate of drug-likeness (QED) is 0.253. The summed E-state index contributed by atoms with van der Waals surface area (Å²) in [7, 11) is 0. The molecule has 3 rings (SSSR count). The second kappa shape index (κ2) is 13.1. The molecule has 0 atom stereocenters. The van der Waals surface area contributed by atoms with E-state index in [1.807, 2.05) is 12.2 Å². The molecular formula is C30H38O. The minimum atomic E-state index is 0.699. The zero-order valence-electron chi connectivity index (χ0n) is 19.0. The van der Waals surface area contributed by atoms with Crippen LogP contribution in [0.3, 0.4) is 0 Å². The summed E-state index contributed by atoms with van der Waals surface area (Å²) in [6.07, 6.45) is 18.4. The average Bonchev–Trinajstić information content (AvgIpc) is 2.82. The van der Waals surface area contributed by atoms with Crippen LogP contribution in [0, 0.1) is 11.8 Å². The molecule has 1 aliphatic rings. The molecule has 0 saturated heterocycles. The highest BCUT2D eigenvalue weighted by Crippen LogP contribution is 2.32. The fourth-order valence-electron chi connectivity index (χ4n) is 4.38. The van der Waals surface area contributed by atoms with Crippen molar-refractivity contribution >= 4 is 6.08 Å². The number of hydrogen-bond acceptors (Lipinski definition) is 1. The van der Waals surface area contributed by atoms with E-state index in [2.05, 4.69) is 73.8 Å². The molecule has 0 spiro atoms. The first-order valence-corrected chi connectivity index (χ1v) is 11.9. The van der Waals surface area contributed by atoms with Gasteiger partial charge in [-0.25, -0.2) is 0 Å². The lowest BCUT2D eigenvalue weighted by Crippen LogP contribution is -2.13. The molecule has 2 aromatic carbocycles. The van der Waals surface area contributed by atoms with Crippen LogP contribution in [-0.4, -0.2) is 6.61 Å². The Morgan fingerprint density at radius 2 is 1.48 bits per heavy atom. The molecule has 1 fully saturated rings. The van der Waals surface area contributed by atoms with Crippen molar-refractivity contribution in [2.24, 2.45) is 11.8 Å². The van der Waals surface area contributed by atoms with Gasteiger partial charge in [0.1, 0.15) is 0 Å². The van der Waals surface area contributed by atoms with Crippen molar-refractivity contribution in [1.82, 2.24) is 0 Å². The summed E-state index contributed by atoms with van der Waals surface area (Å²) in [5.41, 5.74) is 5.36. The van der Waals surface area contributed by atoms with E-state index in [4.69, 9.17) is 4.74 Å².